The van der Waals surface area contributed by atoms with E-state index in [0.717, 1.165) is 22.3 Å². The summed E-state index contributed by atoms with van der Waals surface area (Å²) in [5.41, 5.74) is 2.69. The summed E-state index contributed by atoms with van der Waals surface area (Å²) in [5, 5.41) is 0. The van der Waals surface area contributed by atoms with Gasteiger partial charge in [0.05, 0.1) is 19.3 Å². The summed E-state index contributed by atoms with van der Waals surface area (Å²) < 4.78 is 17.0. The number of methoxy groups -OCH3 is 1. The molecule has 0 fully saturated rings. The van der Waals surface area contributed by atoms with E-state index in [0.29, 0.717) is 13.2 Å². The van der Waals surface area contributed by atoms with Gasteiger partial charge >= 0.3 is 0 Å². The molecule has 0 spiro atoms. The first-order chi connectivity index (χ1) is 18.2. The van der Waals surface area contributed by atoms with Crippen LogP contribution >= 0.6 is 0 Å². The van der Waals surface area contributed by atoms with E-state index in [-0.39, 0.29) is 12.6 Å². The van der Waals surface area contributed by atoms with Gasteiger partial charge < -0.3 is 14.2 Å². The molecule has 4 heteroatoms. The molecule has 0 N–H and O–H groups in total. The van der Waals surface area contributed by atoms with E-state index in [2.05, 4.69) is 0 Å². The zero-order valence-electron chi connectivity index (χ0n) is 21.5. The third-order valence-electron chi connectivity index (χ3n) is 6.75. The Kier molecular flexibility index (Phi) is 9.39. The molecule has 4 nitrogen and oxygen atoms in total. The predicted molar refractivity (Wildman–Crippen MR) is 146 cm³/mol. The highest BCUT2D eigenvalue weighted by molar-refractivity contribution is 5.99. The van der Waals surface area contributed by atoms with Crippen molar-refractivity contribution in [2.45, 2.75) is 18.4 Å². The third kappa shape index (κ3) is 5.89. The van der Waals surface area contributed by atoms with Crippen LogP contribution in [0.2, 0.25) is 0 Å². The molecule has 0 aliphatic heterocycles. The van der Waals surface area contributed by atoms with Crippen LogP contribution in [0, 0.1) is 5.92 Å². The number of ketones is 1. The molecule has 37 heavy (non-hydrogen) atoms. The highest BCUT2D eigenvalue weighted by Gasteiger charge is 2.47. The fraction of sp³-hybridized carbons (Fsp3) is 0.242. The minimum absolute atomic E-state index is 0.0573. The van der Waals surface area contributed by atoms with Crippen LogP contribution in [0.1, 0.15) is 35.3 Å². The molecule has 0 saturated heterocycles. The molecule has 0 aromatic heterocycles. The second kappa shape index (κ2) is 13.1. The van der Waals surface area contributed by atoms with Crippen molar-refractivity contribution < 1.29 is 19.0 Å². The Hall–Kier alpha value is -3.57. The number of ether oxygens (including phenoxy) is 3. The average molecular weight is 495 g/mol. The Morgan fingerprint density at radius 2 is 1.11 bits per heavy atom. The number of carbonyl (C=O) groups excluding carboxylic acids is 1. The Morgan fingerprint density at radius 1 is 0.676 bits per heavy atom. The summed E-state index contributed by atoms with van der Waals surface area (Å²) in [6, 6.07) is 40.0. The van der Waals surface area contributed by atoms with Crippen molar-refractivity contribution in [1.82, 2.24) is 0 Å². The van der Waals surface area contributed by atoms with Crippen LogP contribution in [-0.4, -0.2) is 32.9 Å². The summed E-state index contributed by atoms with van der Waals surface area (Å²) in [5.74, 6) is -0.434. The summed E-state index contributed by atoms with van der Waals surface area (Å²) in [4.78, 5) is 15.0. The number of rotatable bonds is 13. The lowest BCUT2D eigenvalue weighted by Gasteiger charge is -2.38. The molecule has 0 saturated carbocycles. The molecule has 2 atom stereocenters. The fourth-order valence-electron chi connectivity index (χ4n) is 4.96. The van der Waals surface area contributed by atoms with Crippen LogP contribution in [0.25, 0.3) is 0 Å². The first-order valence-electron chi connectivity index (χ1n) is 12.6. The first kappa shape index (κ1) is 26.5. The highest BCUT2D eigenvalue weighted by atomic mass is 16.7. The van der Waals surface area contributed by atoms with Crippen molar-refractivity contribution in [2.75, 3.05) is 27.1 Å². The lowest BCUT2D eigenvalue weighted by molar-refractivity contribution is -0.141. The number of carbonyl (C=O) groups is 1. The van der Waals surface area contributed by atoms with Crippen LogP contribution in [0.4, 0.5) is 0 Å². The van der Waals surface area contributed by atoms with Gasteiger partial charge in [-0.3, -0.25) is 4.79 Å². The molecular formula is C33H34O4. The van der Waals surface area contributed by atoms with Gasteiger partial charge in [0, 0.05) is 13.0 Å². The smallest absolute Gasteiger partial charge is 0.157 e. The van der Waals surface area contributed by atoms with Crippen LogP contribution in [0.5, 0.6) is 0 Å². The van der Waals surface area contributed by atoms with E-state index < -0.39 is 17.4 Å². The minimum Gasteiger partial charge on any atom is -0.382 e. The second-order valence-corrected chi connectivity index (χ2v) is 9.02. The van der Waals surface area contributed by atoms with Gasteiger partial charge in [0.25, 0.3) is 0 Å². The molecule has 0 aliphatic carbocycles. The molecule has 190 valence electrons. The van der Waals surface area contributed by atoms with Crippen LogP contribution in [0.3, 0.4) is 0 Å². The highest BCUT2D eigenvalue weighted by Crippen LogP contribution is 2.44. The Balaban J connectivity index is 1.83. The summed E-state index contributed by atoms with van der Waals surface area (Å²) in [7, 11) is 1.63. The second-order valence-electron chi connectivity index (χ2n) is 9.02. The summed E-state index contributed by atoms with van der Waals surface area (Å²) in [6.07, 6.45) is -0.494. The van der Waals surface area contributed by atoms with Gasteiger partial charge in [-0.15, -0.1) is 0 Å². The van der Waals surface area contributed by atoms with E-state index in [1.165, 1.54) is 0 Å². The van der Waals surface area contributed by atoms with Crippen molar-refractivity contribution in [2.24, 2.45) is 5.92 Å². The topological polar surface area (TPSA) is 44.8 Å². The molecule has 4 aromatic carbocycles. The van der Waals surface area contributed by atoms with Gasteiger partial charge in [-0.05, 0) is 22.3 Å². The standard InChI is InChI=1S/C33H34O4/c1-26(31(27-15-7-3-8-16-27)37-25-36-24-23-35-2)32(34)33(28-17-9-4-10-18-28,29-19-11-5-12-20-29)30-21-13-6-14-22-30/h3-22,26,31H,23-25H2,1-2H3. The molecular weight excluding hydrogens is 460 g/mol. The Labute approximate surface area is 219 Å². The normalized spacial score (nSPS) is 13.1. The van der Waals surface area contributed by atoms with E-state index in [1.807, 2.05) is 128 Å². The maximum atomic E-state index is 15.0. The molecule has 0 bridgehead atoms. The number of hydrogen-bond acceptors (Lipinski definition) is 4. The summed E-state index contributed by atoms with van der Waals surface area (Å²) in [6.45, 7) is 2.92. The predicted octanol–water partition coefficient (Wildman–Crippen LogP) is 6.60. The number of Topliss-reactive ketones (excluding diaryl/α,β-unsaturated/α-hetero) is 1. The van der Waals surface area contributed by atoms with E-state index in [4.69, 9.17) is 14.2 Å². The van der Waals surface area contributed by atoms with Crippen molar-refractivity contribution in [3.05, 3.63) is 144 Å². The van der Waals surface area contributed by atoms with Gasteiger partial charge in [0.2, 0.25) is 0 Å². The molecule has 4 aromatic rings. The maximum absolute atomic E-state index is 15.0. The van der Waals surface area contributed by atoms with Gasteiger partial charge in [0.15, 0.2) is 5.78 Å². The summed E-state index contributed by atoms with van der Waals surface area (Å²) >= 11 is 0. The number of hydrogen-bond donors (Lipinski definition) is 0. The lowest BCUT2D eigenvalue weighted by Crippen LogP contribution is -2.43. The average Bonchev–Trinajstić information content (AvgIpc) is 2.97. The molecule has 0 heterocycles. The molecule has 2 unspecified atom stereocenters. The Morgan fingerprint density at radius 3 is 1.54 bits per heavy atom. The zero-order chi connectivity index (χ0) is 25.9. The molecule has 0 amide bonds. The maximum Gasteiger partial charge on any atom is 0.157 e. The first-order valence-corrected chi connectivity index (χ1v) is 12.6. The van der Waals surface area contributed by atoms with Gasteiger partial charge in [0.1, 0.15) is 12.2 Å². The van der Waals surface area contributed by atoms with Crippen molar-refractivity contribution >= 4 is 5.78 Å². The fourth-order valence-corrected chi connectivity index (χ4v) is 4.96. The third-order valence-corrected chi connectivity index (χ3v) is 6.75. The SMILES string of the molecule is COCCOCOC(c1ccccc1)C(C)C(=O)C(c1ccccc1)(c1ccccc1)c1ccccc1. The van der Waals surface area contributed by atoms with Crippen molar-refractivity contribution in [3.8, 4) is 0 Å². The van der Waals surface area contributed by atoms with Crippen LogP contribution in [0.15, 0.2) is 121 Å². The molecule has 0 aliphatic rings. The van der Waals surface area contributed by atoms with E-state index >= 15 is 0 Å². The monoisotopic (exact) mass is 494 g/mol. The van der Waals surface area contributed by atoms with Gasteiger partial charge in [-0.2, -0.15) is 0 Å². The van der Waals surface area contributed by atoms with Crippen LogP contribution < -0.4 is 0 Å². The minimum atomic E-state index is -1.02. The molecule has 0 radical (unpaired) electrons. The van der Waals surface area contributed by atoms with Crippen LogP contribution in [-0.2, 0) is 24.4 Å². The van der Waals surface area contributed by atoms with Gasteiger partial charge in [-0.1, -0.05) is 128 Å². The van der Waals surface area contributed by atoms with Crippen molar-refractivity contribution in [3.63, 3.8) is 0 Å². The Bertz CT molecular complexity index is 1110. The van der Waals surface area contributed by atoms with Gasteiger partial charge in [-0.25, -0.2) is 0 Å². The lowest BCUT2D eigenvalue weighted by atomic mass is 9.63. The quantitative estimate of drug-likeness (QED) is 0.119. The largest absolute Gasteiger partial charge is 0.382 e. The van der Waals surface area contributed by atoms with E-state index in [9.17, 15) is 4.79 Å². The zero-order valence-corrected chi connectivity index (χ0v) is 21.5. The van der Waals surface area contributed by atoms with Crippen molar-refractivity contribution in [1.29, 1.82) is 0 Å². The number of benzene rings is 4. The van der Waals surface area contributed by atoms with E-state index in [1.54, 1.807) is 7.11 Å². The molecule has 4 rings (SSSR count).